The van der Waals surface area contributed by atoms with Crippen LogP contribution in [-0.4, -0.2) is 17.6 Å². The van der Waals surface area contributed by atoms with Gasteiger partial charge in [-0.05, 0) is 56.6 Å². The summed E-state index contributed by atoms with van der Waals surface area (Å²) in [4.78, 5) is 4.48. The molecule has 0 bridgehead atoms. The number of hydrogen-bond acceptors (Lipinski definition) is 3. The Labute approximate surface area is 129 Å². The third-order valence-corrected chi connectivity index (χ3v) is 4.53. The van der Waals surface area contributed by atoms with E-state index in [9.17, 15) is 0 Å². The summed E-state index contributed by atoms with van der Waals surface area (Å²) in [6.07, 6.45) is 8.20. The average molecular weight is 290 g/mol. The van der Waals surface area contributed by atoms with Crippen molar-refractivity contribution in [3.8, 4) is 5.88 Å². The Balaban J connectivity index is 1.85. The molecule has 0 saturated heterocycles. The quantitative estimate of drug-likeness (QED) is 0.838. The predicted molar refractivity (Wildman–Crippen MR) is 87.6 cm³/mol. The summed E-state index contributed by atoms with van der Waals surface area (Å²) in [6, 6.07) is 4.49. The fourth-order valence-electron chi connectivity index (χ4n) is 2.86. The van der Waals surface area contributed by atoms with Gasteiger partial charge in [-0.15, -0.1) is 0 Å². The highest BCUT2D eigenvalue weighted by Gasteiger charge is 2.27. The number of aromatic nitrogens is 1. The van der Waals surface area contributed by atoms with Crippen LogP contribution in [0.15, 0.2) is 18.3 Å². The molecule has 0 spiro atoms. The maximum Gasteiger partial charge on any atom is 0.213 e. The highest BCUT2D eigenvalue weighted by molar-refractivity contribution is 5.20. The van der Waals surface area contributed by atoms with Crippen molar-refractivity contribution >= 4 is 0 Å². The van der Waals surface area contributed by atoms with E-state index in [0.717, 1.165) is 31.7 Å². The first-order chi connectivity index (χ1) is 10.00. The van der Waals surface area contributed by atoms with Crippen molar-refractivity contribution in [3.05, 3.63) is 23.9 Å². The fourth-order valence-corrected chi connectivity index (χ4v) is 2.86. The van der Waals surface area contributed by atoms with E-state index in [0.29, 0.717) is 17.6 Å². The maximum atomic E-state index is 6.03. The van der Waals surface area contributed by atoms with Crippen LogP contribution in [0.3, 0.4) is 0 Å². The summed E-state index contributed by atoms with van der Waals surface area (Å²) in [7, 11) is 0. The summed E-state index contributed by atoms with van der Waals surface area (Å²) in [5.74, 6) is 0.770. The summed E-state index contributed by atoms with van der Waals surface area (Å²) in [6.45, 7) is 10.1. The van der Waals surface area contributed by atoms with Crippen LogP contribution in [0.2, 0.25) is 0 Å². The lowest BCUT2D eigenvalue weighted by molar-refractivity contribution is 0.0948. The lowest BCUT2D eigenvalue weighted by Gasteiger charge is -2.34. The van der Waals surface area contributed by atoms with Crippen LogP contribution in [0.25, 0.3) is 0 Å². The van der Waals surface area contributed by atoms with E-state index in [1.54, 1.807) is 0 Å². The molecule has 0 aliphatic heterocycles. The molecule has 0 amide bonds. The van der Waals surface area contributed by atoms with E-state index in [1.807, 2.05) is 12.3 Å². The topological polar surface area (TPSA) is 34.1 Å². The van der Waals surface area contributed by atoms with Gasteiger partial charge in [-0.25, -0.2) is 4.98 Å². The zero-order valence-corrected chi connectivity index (χ0v) is 14.0. The van der Waals surface area contributed by atoms with Gasteiger partial charge in [0.25, 0.3) is 0 Å². The Morgan fingerprint density at radius 2 is 2.05 bits per heavy atom. The third-order valence-electron chi connectivity index (χ3n) is 4.53. The van der Waals surface area contributed by atoms with Gasteiger partial charge >= 0.3 is 0 Å². The Kier molecular flexibility index (Phi) is 5.63. The second kappa shape index (κ2) is 7.26. The molecular weight excluding hydrogens is 260 g/mol. The van der Waals surface area contributed by atoms with Gasteiger partial charge in [0.05, 0.1) is 0 Å². The van der Waals surface area contributed by atoms with Crippen LogP contribution < -0.4 is 10.1 Å². The van der Waals surface area contributed by atoms with Gasteiger partial charge in [0.15, 0.2) is 0 Å². The van der Waals surface area contributed by atoms with Gasteiger partial charge in [-0.1, -0.05) is 26.8 Å². The van der Waals surface area contributed by atoms with Gasteiger partial charge in [-0.3, -0.25) is 0 Å². The van der Waals surface area contributed by atoms with E-state index in [4.69, 9.17) is 4.74 Å². The molecule has 1 aromatic rings. The molecule has 1 unspecified atom stereocenters. The predicted octanol–water partition coefficient (Wildman–Crippen LogP) is 4.49. The third kappa shape index (κ3) is 4.99. The lowest BCUT2D eigenvalue weighted by Crippen LogP contribution is -2.28. The summed E-state index contributed by atoms with van der Waals surface area (Å²) in [5.41, 5.74) is 1.71. The van der Waals surface area contributed by atoms with Crippen LogP contribution >= 0.6 is 0 Å². The van der Waals surface area contributed by atoms with Crippen molar-refractivity contribution in [1.82, 2.24) is 10.3 Å². The minimum Gasteiger partial charge on any atom is -0.474 e. The number of nitrogens with one attached hydrogen (secondary N) is 1. The Morgan fingerprint density at radius 3 is 2.62 bits per heavy atom. The van der Waals surface area contributed by atoms with Gasteiger partial charge < -0.3 is 10.1 Å². The molecule has 1 aliphatic rings. The first kappa shape index (κ1) is 16.3. The fraction of sp³-hybridized carbons (Fsp3) is 0.722. The van der Waals surface area contributed by atoms with E-state index in [-0.39, 0.29) is 0 Å². The SMILES string of the molecule is CCCNC(C)c1ccc(OC2CCC(C)(C)CC2)nc1. The summed E-state index contributed by atoms with van der Waals surface area (Å²) in [5, 5.41) is 3.48. The number of rotatable bonds is 6. The summed E-state index contributed by atoms with van der Waals surface area (Å²) >= 11 is 0. The smallest absolute Gasteiger partial charge is 0.213 e. The molecule has 1 aromatic heterocycles. The molecular formula is C18H30N2O. The molecule has 118 valence electrons. The highest BCUT2D eigenvalue weighted by atomic mass is 16.5. The van der Waals surface area contributed by atoms with Gasteiger partial charge in [-0.2, -0.15) is 0 Å². The van der Waals surface area contributed by atoms with Crippen LogP contribution in [0.4, 0.5) is 0 Å². The average Bonchev–Trinajstić information content (AvgIpc) is 2.48. The normalized spacial score (nSPS) is 20.2. The van der Waals surface area contributed by atoms with Crippen molar-refractivity contribution in [3.63, 3.8) is 0 Å². The zero-order chi connectivity index (χ0) is 15.3. The molecule has 1 fully saturated rings. The Hall–Kier alpha value is -1.09. The lowest BCUT2D eigenvalue weighted by atomic mass is 9.76. The first-order valence-corrected chi connectivity index (χ1v) is 8.36. The Morgan fingerprint density at radius 1 is 1.33 bits per heavy atom. The van der Waals surface area contributed by atoms with E-state index in [1.165, 1.54) is 18.4 Å². The van der Waals surface area contributed by atoms with Crippen molar-refractivity contribution in [2.75, 3.05) is 6.54 Å². The minimum atomic E-state index is 0.340. The molecule has 1 aliphatic carbocycles. The standard InChI is InChI=1S/C18H30N2O/c1-5-12-19-14(2)15-6-7-17(20-13-15)21-16-8-10-18(3,4)11-9-16/h6-7,13-14,16,19H,5,8-12H2,1-4H3. The molecule has 0 aromatic carbocycles. The molecule has 21 heavy (non-hydrogen) atoms. The van der Waals surface area contributed by atoms with Crippen LogP contribution in [0.5, 0.6) is 5.88 Å². The molecule has 3 heteroatoms. The molecule has 0 radical (unpaired) electrons. The second-order valence-electron chi connectivity index (χ2n) is 7.09. The monoisotopic (exact) mass is 290 g/mol. The van der Waals surface area contributed by atoms with Gasteiger partial charge in [0, 0.05) is 18.3 Å². The van der Waals surface area contributed by atoms with E-state index >= 15 is 0 Å². The van der Waals surface area contributed by atoms with Crippen molar-refractivity contribution in [2.45, 2.75) is 71.9 Å². The zero-order valence-electron chi connectivity index (χ0n) is 14.0. The molecule has 2 rings (SSSR count). The molecule has 1 heterocycles. The second-order valence-corrected chi connectivity index (χ2v) is 7.09. The largest absolute Gasteiger partial charge is 0.474 e. The highest BCUT2D eigenvalue weighted by Crippen LogP contribution is 2.36. The number of hydrogen-bond donors (Lipinski definition) is 1. The first-order valence-electron chi connectivity index (χ1n) is 8.36. The molecule has 3 nitrogen and oxygen atoms in total. The van der Waals surface area contributed by atoms with Crippen molar-refractivity contribution in [2.24, 2.45) is 5.41 Å². The summed E-state index contributed by atoms with van der Waals surface area (Å²) < 4.78 is 6.03. The number of nitrogens with zero attached hydrogens (tertiary/aromatic N) is 1. The van der Waals surface area contributed by atoms with Crippen molar-refractivity contribution in [1.29, 1.82) is 0 Å². The Bertz CT molecular complexity index is 417. The van der Waals surface area contributed by atoms with Crippen molar-refractivity contribution < 1.29 is 4.74 Å². The van der Waals surface area contributed by atoms with E-state index in [2.05, 4.69) is 44.1 Å². The van der Waals surface area contributed by atoms with Crippen LogP contribution in [0, 0.1) is 5.41 Å². The number of ether oxygens (including phenoxy) is 1. The van der Waals surface area contributed by atoms with E-state index < -0.39 is 0 Å². The van der Waals surface area contributed by atoms with Gasteiger partial charge in [0.2, 0.25) is 5.88 Å². The van der Waals surface area contributed by atoms with Crippen LogP contribution in [-0.2, 0) is 0 Å². The van der Waals surface area contributed by atoms with Gasteiger partial charge in [0.1, 0.15) is 6.10 Å². The van der Waals surface area contributed by atoms with Crippen LogP contribution in [0.1, 0.15) is 71.4 Å². The maximum absolute atomic E-state index is 6.03. The molecule has 1 atom stereocenters. The minimum absolute atomic E-state index is 0.340. The molecule has 1 saturated carbocycles. The number of pyridine rings is 1. The molecule has 1 N–H and O–H groups in total.